The molecule has 1 aliphatic carbocycles. The van der Waals surface area contributed by atoms with Crippen molar-refractivity contribution < 1.29 is 19.4 Å². The number of aliphatic carboxylic acids is 1. The predicted molar refractivity (Wildman–Crippen MR) is 124 cm³/mol. The molecule has 0 saturated heterocycles. The summed E-state index contributed by atoms with van der Waals surface area (Å²) in [4.78, 5) is 24.0. The van der Waals surface area contributed by atoms with E-state index in [4.69, 9.17) is 4.74 Å². The number of alkyl carbamates (subject to hydrolysis) is 1. The average molecular weight is 430 g/mol. The summed E-state index contributed by atoms with van der Waals surface area (Å²) in [7, 11) is 0. The Morgan fingerprint density at radius 1 is 0.844 bits per heavy atom. The van der Waals surface area contributed by atoms with Gasteiger partial charge in [-0.3, -0.25) is 0 Å². The Morgan fingerprint density at radius 3 is 2.06 bits per heavy atom. The van der Waals surface area contributed by atoms with E-state index in [1.165, 1.54) is 5.56 Å². The monoisotopic (exact) mass is 429 g/mol. The van der Waals surface area contributed by atoms with Crippen molar-refractivity contribution in [3.05, 3.63) is 95.6 Å². The van der Waals surface area contributed by atoms with Crippen LogP contribution in [0.2, 0.25) is 0 Å². The third kappa shape index (κ3) is 4.99. The molecule has 5 heteroatoms. The van der Waals surface area contributed by atoms with Crippen molar-refractivity contribution in [2.45, 2.75) is 37.6 Å². The zero-order chi connectivity index (χ0) is 22.3. The highest BCUT2D eigenvalue weighted by Gasteiger charge is 2.29. The molecule has 0 heterocycles. The lowest BCUT2D eigenvalue weighted by Crippen LogP contribution is -2.41. The van der Waals surface area contributed by atoms with E-state index in [9.17, 15) is 14.7 Å². The Kier molecular flexibility index (Phi) is 6.85. The number of unbranched alkanes of at least 4 members (excludes halogenated alkanes) is 1. The molecular formula is C27H27NO4. The number of fused-ring (bicyclic) bond motifs is 3. The first kappa shape index (κ1) is 21.6. The van der Waals surface area contributed by atoms with E-state index in [-0.39, 0.29) is 12.5 Å². The molecule has 1 amide bonds. The summed E-state index contributed by atoms with van der Waals surface area (Å²) < 4.78 is 5.48. The number of carboxylic acids is 1. The summed E-state index contributed by atoms with van der Waals surface area (Å²) >= 11 is 0. The van der Waals surface area contributed by atoms with Crippen LogP contribution in [0, 0.1) is 0 Å². The molecule has 0 radical (unpaired) electrons. The number of carbonyl (C=O) groups excluding carboxylic acids is 1. The third-order valence-electron chi connectivity index (χ3n) is 5.98. The van der Waals surface area contributed by atoms with Crippen LogP contribution in [-0.2, 0) is 16.0 Å². The van der Waals surface area contributed by atoms with Crippen LogP contribution in [0.5, 0.6) is 0 Å². The van der Waals surface area contributed by atoms with Gasteiger partial charge in [0.15, 0.2) is 0 Å². The smallest absolute Gasteiger partial charge is 0.407 e. The molecule has 3 aromatic carbocycles. The van der Waals surface area contributed by atoms with Gasteiger partial charge in [0.25, 0.3) is 0 Å². The minimum absolute atomic E-state index is 0.0534. The zero-order valence-electron chi connectivity index (χ0n) is 17.9. The van der Waals surface area contributed by atoms with E-state index >= 15 is 0 Å². The van der Waals surface area contributed by atoms with Crippen molar-refractivity contribution in [3.8, 4) is 11.1 Å². The first-order valence-electron chi connectivity index (χ1n) is 11.0. The Labute approximate surface area is 188 Å². The summed E-state index contributed by atoms with van der Waals surface area (Å²) in [6.07, 6.45) is 2.13. The van der Waals surface area contributed by atoms with Gasteiger partial charge >= 0.3 is 12.1 Å². The maximum Gasteiger partial charge on any atom is 0.407 e. The molecule has 0 aromatic heterocycles. The van der Waals surface area contributed by atoms with Crippen LogP contribution < -0.4 is 5.32 Å². The summed E-state index contributed by atoms with van der Waals surface area (Å²) in [5.41, 5.74) is 5.77. The van der Waals surface area contributed by atoms with Gasteiger partial charge in [-0.25, -0.2) is 9.59 Å². The van der Waals surface area contributed by atoms with E-state index in [0.717, 1.165) is 35.1 Å². The van der Waals surface area contributed by atoms with Crippen molar-refractivity contribution in [1.82, 2.24) is 5.32 Å². The third-order valence-corrected chi connectivity index (χ3v) is 5.98. The Bertz CT molecular complexity index is 1030. The highest BCUT2D eigenvalue weighted by Crippen LogP contribution is 2.44. The summed E-state index contributed by atoms with van der Waals surface area (Å²) in [6.45, 7) is 0.167. The molecule has 0 fully saturated rings. The van der Waals surface area contributed by atoms with Crippen molar-refractivity contribution in [1.29, 1.82) is 0 Å². The fraction of sp³-hybridized carbons (Fsp3) is 0.259. The van der Waals surface area contributed by atoms with Crippen molar-refractivity contribution in [2.75, 3.05) is 6.61 Å². The van der Waals surface area contributed by atoms with Gasteiger partial charge in [-0.1, -0.05) is 85.3 Å². The van der Waals surface area contributed by atoms with Gasteiger partial charge in [0, 0.05) is 5.92 Å². The topological polar surface area (TPSA) is 75.6 Å². The molecule has 1 atom stereocenters. The number of benzene rings is 3. The Hall–Kier alpha value is -3.60. The molecule has 2 N–H and O–H groups in total. The van der Waals surface area contributed by atoms with Crippen molar-refractivity contribution >= 4 is 12.1 Å². The Morgan fingerprint density at radius 2 is 1.44 bits per heavy atom. The molecule has 164 valence electrons. The van der Waals surface area contributed by atoms with Crippen LogP contribution in [0.1, 0.15) is 41.9 Å². The number of amides is 1. The highest BCUT2D eigenvalue weighted by molar-refractivity contribution is 5.81. The van der Waals surface area contributed by atoms with Crippen LogP contribution in [0.25, 0.3) is 11.1 Å². The molecular weight excluding hydrogens is 402 g/mol. The van der Waals surface area contributed by atoms with E-state index in [1.807, 2.05) is 54.6 Å². The van der Waals surface area contributed by atoms with Gasteiger partial charge in [-0.2, -0.15) is 0 Å². The number of carboxylic acid groups (broad SMARTS) is 1. The molecule has 0 aliphatic heterocycles. The second-order valence-corrected chi connectivity index (χ2v) is 8.09. The minimum Gasteiger partial charge on any atom is -0.480 e. The maximum absolute atomic E-state index is 12.4. The van der Waals surface area contributed by atoms with Gasteiger partial charge in [0.05, 0.1) is 0 Å². The van der Waals surface area contributed by atoms with Gasteiger partial charge in [0.2, 0.25) is 0 Å². The number of rotatable bonds is 9. The fourth-order valence-corrected chi connectivity index (χ4v) is 4.36. The minimum atomic E-state index is -1.04. The highest BCUT2D eigenvalue weighted by atomic mass is 16.5. The lowest BCUT2D eigenvalue weighted by molar-refractivity contribution is -0.139. The number of carbonyl (C=O) groups is 2. The Balaban J connectivity index is 1.30. The number of hydrogen-bond donors (Lipinski definition) is 2. The molecule has 3 aromatic rings. The van der Waals surface area contributed by atoms with Gasteiger partial charge in [-0.15, -0.1) is 0 Å². The van der Waals surface area contributed by atoms with Gasteiger partial charge in [-0.05, 0) is 47.1 Å². The van der Waals surface area contributed by atoms with Crippen LogP contribution in [0.15, 0.2) is 78.9 Å². The van der Waals surface area contributed by atoms with E-state index in [2.05, 4.69) is 29.6 Å². The van der Waals surface area contributed by atoms with Crippen LogP contribution in [0.3, 0.4) is 0 Å². The zero-order valence-corrected chi connectivity index (χ0v) is 17.9. The molecule has 4 rings (SSSR count). The lowest BCUT2D eigenvalue weighted by atomic mass is 9.98. The molecule has 0 saturated carbocycles. The second kappa shape index (κ2) is 10.1. The number of nitrogens with one attached hydrogen (secondary N) is 1. The normalized spacial score (nSPS) is 13.1. The SMILES string of the molecule is O=C(N[C@H](CCCCc1ccccc1)C(=O)O)OCC1c2ccccc2-c2ccccc21. The summed E-state index contributed by atoms with van der Waals surface area (Å²) in [6, 6.07) is 25.3. The summed E-state index contributed by atoms with van der Waals surface area (Å²) in [5, 5.41) is 12.0. The van der Waals surface area contributed by atoms with E-state index in [1.54, 1.807) is 0 Å². The molecule has 0 spiro atoms. The molecule has 32 heavy (non-hydrogen) atoms. The molecule has 5 nitrogen and oxygen atoms in total. The van der Waals surface area contributed by atoms with Crippen molar-refractivity contribution in [3.63, 3.8) is 0 Å². The van der Waals surface area contributed by atoms with Gasteiger partial charge < -0.3 is 15.2 Å². The van der Waals surface area contributed by atoms with E-state index < -0.39 is 18.1 Å². The predicted octanol–water partition coefficient (Wildman–Crippen LogP) is 5.39. The van der Waals surface area contributed by atoms with Crippen molar-refractivity contribution in [2.24, 2.45) is 0 Å². The average Bonchev–Trinajstić information content (AvgIpc) is 3.14. The molecule has 1 aliphatic rings. The van der Waals surface area contributed by atoms with Crippen LogP contribution in [0.4, 0.5) is 4.79 Å². The lowest BCUT2D eigenvalue weighted by Gasteiger charge is -2.17. The number of aryl methyl sites for hydroxylation is 1. The second-order valence-electron chi connectivity index (χ2n) is 8.09. The van der Waals surface area contributed by atoms with E-state index in [0.29, 0.717) is 12.8 Å². The maximum atomic E-state index is 12.4. The fourth-order valence-electron chi connectivity index (χ4n) is 4.36. The number of hydrogen-bond acceptors (Lipinski definition) is 3. The number of ether oxygens (including phenoxy) is 1. The van der Waals surface area contributed by atoms with Gasteiger partial charge in [0.1, 0.15) is 12.6 Å². The standard InChI is InChI=1S/C27H27NO4/c29-26(30)25(17-9-4-12-19-10-2-1-3-11-19)28-27(31)32-18-24-22-15-7-5-13-20(22)21-14-6-8-16-23(21)24/h1-3,5-8,10-11,13-16,24-25H,4,9,12,17-18H2,(H,28,31)(H,29,30)/t25-/m1/s1. The first-order valence-corrected chi connectivity index (χ1v) is 11.0. The van der Waals surface area contributed by atoms with Crippen LogP contribution in [-0.4, -0.2) is 29.8 Å². The first-order chi connectivity index (χ1) is 15.6. The quantitative estimate of drug-likeness (QED) is 0.447. The largest absolute Gasteiger partial charge is 0.480 e. The summed E-state index contributed by atoms with van der Waals surface area (Å²) in [5.74, 6) is -1.10. The van der Waals surface area contributed by atoms with Crippen LogP contribution >= 0.6 is 0 Å². The molecule has 0 bridgehead atoms. The molecule has 0 unspecified atom stereocenters.